The number of aromatic nitrogens is 1. The molecule has 3 heterocycles. The number of nitrogens with zero attached hydrogens (tertiary/aromatic N) is 2. The van der Waals surface area contributed by atoms with Gasteiger partial charge in [0.2, 0.25) is 5.91 Å². The fraction of sp³-hybridized carbons (Fsp3) is 0.250. The summed E-state index contributed by atoms with van der Waals surface area (Å²) < 4.78 is 5.20. The molecule has 0 unspecified atom stereocenters. The molecule has 5 rings (SSSR count). The van der Waals surface area contributed by atoms with E-state index in [1.807, 2.05) is 48.2 Å². The van der Waals surface area contributed by atoms with Crippen molar-refractivity contribution in [2.45, 2.75) is 12.8 Å². The number of amides is 2. The van der Waals surface area contributed by atoms with Gasteiger partial charge in [0.25, 0.3) is 5.91 Å². The van der Waals surface area contributed by atoms with E-state index in [2.05, 4.69) is 4.98 Å². The van der Waals surface area contributed by atoms with Gasteiger partial charge in [-0.2, -0.15) is 0 Å². The average Bonchev–Trinajstić information content (AvgIpc) is 3.45. The zero-order chi connectivity index (χ0) is 21.5. The first-order valence-corrected chi connectivity index (χ1v) is 10.7. The molecule has 2 aromatic heterocycles. The molecule has 1 N–H and O–H groups in total. The van der Waals surface area contributed by atoms with Crippen molar-refractivity contribution >= 4 is 45.2 Å². The Morgan fingerprint density at radius 1 is 0.968 bits per heavy atom. The van der Waals surface area contributed by atoms with Crippen LogP contribution in [0.1, 0.15) is 29.0 Å². The van der Waals surface area contributed by atoms with Gasteiger partial charge in [-0.1, -0.05) is 23.7 Å². The molecule has 0 saturated carbocycles. The smallest absolute Gasteiger partial charge is 0.289 e. The van der Waals surface area contributed by atoms with Gasteiger partial charge in [-0.05, 0) is 48.9 Å². The van der Waals surface area contributed by atoms with Crippen molar-refractivity contribution < 1.29 is 14.0 Å². The zero-order valence-corrected chi connectivity index (χ0v) is 17.9. The number of piperazine rings is 1. The van der Waals surface area contributed by atoms with Gasteiger partial charge in [0.05, 0.1) is 12.2 Å². The van der Waals surface area contributed by atoms with Crippen molar-refractivity contribution in [1.29, 1.82) is 0 Å². The molecule has 0 radical (unpaired) electrons. The summed E-state index contributed by atoms with van der Waals surface area (Å²) in [5, 5.41) is 2.86. The Balaban J connectivity index is 1.30. The van der Waals surface area contributed by atoms with Gasteiger partial charge in [0.1, 0.15) is 0 Å². The molecule has 1 atom stereocenters. The Labute approximate surface area is 184 Å². The second-order valence-corrected chi connectivity index (χ2v) is 8.37. The van der Waals surface area contributed by atoms with Gasteiger partial charge < -0.3 is 19.2 Å². The van der Waals surface area contributed by atoms with Crippen LogP contribution in [-0.4, -0.2) is 52.8 Å². The van der Waals surface area contributed by atoms with Crippen molar-refractivity contribution in [2.24, 2.45) is 0 Å². The molecule has 4 aromatic rings. The van der Waals surface area contributed by atoms with Gasteiger partial charge in [-0.3, -0.25) is 9.59 Å². The highest BCUT2D eigenvalue weighted by atomic mass is 35.5. The first-order valence-electron chi connectivity index (χ1n) is 10.3. The van der Waals surface area contributed by atoms with Gasteiger partial charge in [-0.25, -0.2) is 0 Å². The van der Waals surface area contributed by atoms with E-state index in [1.54, 1.807) is 17.0 Å². The molecule has 2 aromatic carbocycles. The lowest BCUT2D eigenvalue weighted by atomic mass is 9.97. The van der Waals surface area contributed by atoms with Gasteiger partial charge in [0.15, 0.2) is 5.76 Å². The minimum Gasteiger partial charge on any atom is -0.459 e. The minimum absolute atomic E-state index is 0.0728. The van der Waals surface area contributed by atoms with E-state index in [9.17, 15) is 9.59 Å². The number of H-pyrrole nitrogens is 1. The molecular formula is C24H22ClN3O3. The first kappa shape index (κ1) is 19.7. The second kappa shape index (κ2) is 7.78. The van der Waals surface area contributed by atoms with Crippen LogP contribution in [0.2, 0.25) is 5.02 Å². The number of carbonyl (C=O) groups is 2. The fourth-order valence-corrected chi connectivity index (χ4v) is 4.44. The summed E-state index contributed by atoms with van der Waals surface area (Å²) in [4.78, 5) is 32.5. The summed E-state index contributed by atoms with van der Waals surface area (Å²) in [6.45, 7) is 3.97. The molecular weight excluding hydrogens is 414 g/mol. The summed E-state index contributed by atoms with van der Waals surface area (Å²) in [6.07, 6.45) is 1.49. The summed E-state index contributed by atoms with van der Waals surface area (Å²) in [5.41, 5.74) is 2.97. The van der Waals surface area contributed by atoms with Gasteiger partial charge >= 0.3 is 0 Å². The van der Waals surface area contributed by atoms with E-state index >= 15 is 0 Å². The standard InChI is InChI=1S/C24H22ClN3O3/c1-15(16-4-6-18-19-14-17(25)5-7-20(19)26-21(18)13-16)23(29)27-8-10-28(11-9-27)24(30)22-3-2-12-31-22/h2-7,12-15,26H,8-11H2,1H3/t15-/m0/s1. The Hall–Kier alpha value is -3.25. The van der Waals surface area contributed by atoms with Gasteiger partial charge in [0, 0.05) is 53.0 Å². The number of fused-ring (bicyclic) bond motifs is 3. The van der Waals surface area contributed by atoms with Crippen molar-refractivity contribution in [3.05, 3.63) is 71.1 Å². The van der Waals surface area contributed by atoms with Crippen LogP contribution in [0.3, 0.4) is 0 Å². The molecule has 1 aliphatic heterocycles. The third-order valence-corrected chi connectivity index (χ3v) is 6.30. The van der Waals surface area contributed by atoms with Crippen molar-refractivity contribution in [1.82, 2.24) is 14.8 Å². The molecule has 1 aliphatic rings. The Morgan fingerprint density at radius 2 is 1.74 bits per heavy atom. The highest BCUT2D eigenvalue weighted by Gasteiger charge is 2.29. The quantitative estimate of drug-likeness (QED) is 0.509. The average molecular weight is 436 g/mol. The third-order valence-electron chi connectivity index (χ3n) is 6.07. The van der Waals surface area contributed by atoms with E-state index in [1.165, 1.54) is 6.26 Å². The number of hydrogen-bond acceptors (Lipinski definition) is 3. The first-order chi connectivity index (χ1) is 15.0. The molecule has 31 heavy (non-hydrogen) atoms. The third kappa shape index (κ3) is 3.57. The van der Waals surface area contributed by atoms with E-state index in [4.69, 9.17) is 16.0 Å². The Bertz CT molecular complexity index is 1270. The van der Waals surface area contributed by atoms with E-state index in [0.717, 1.165) is 27.4 Å². The Morgan fingerprint density at radius 3 is 2.48 bits per heavy atom. The normalized spacial score (nSPS) is 15.5. The van der Waals surface area contributed by atoms with Crippen LogP contribution in [0.15, 0.2) is 59.2 Å². The fourth-order valence-electron chi connectivity index (χ4n) is 4.27. The Kier molecular flexibility index (Phi) is 4.94. The SMILES string of the molecule is C[C@H](C(=O)N1CCN(C(=O)c2ccco2)CC1)c1ccc2c(c1)[nH]c1ccc(Cl)cc12. The lowest BCUT2D eigenvalue weighted by molar-refractivity contribution is -0.133. The number of nitrogens with one attached hydrogen (secondary N) is 1. The number of benzene rings is 2. The molecule has 0 spiro atoms. The van der Waals surface area contributed by atoms with Crippen LogP contribution in [-0.2, 0) is 4.79 Å². The number of furan rings is 1. The molecule has 6 nitrogen and oxygen atoms in total. The molecule has 7 heteroatoms. The lowest BCUT2D eigenvalue weighted by Crippen LogP contribution is -2.51. The van der Waals surface area contributed by atoms with Crippen LogP contribution in [0, 0.1) is 0 Å². The van der Waals surface area contributed by atoms with E-state index in [0.29, 0.717) is 37.0 Å². The largest absolute Gasteiger partial charge is 0.459 e. The monoisotopic (exact) mass is 435 g/mol. The summed E-state index contributed by atoms with van der Waals surface area (Å²) >= 11 is 6.15. The van der Waals surface area contributed by atoms with Crippen LogP contribution in [0.4, 0.5) is 0 Å². The molecule has 0 aliphatic carbocycles. The summed E-state index contributed by atoms with van der Waals surface area (Å²) in [5.74, 6) is 0.00547. The predicted octanol–water partition coefficient (Wildman–Crippen LogP) is 4.66. The van der Waals surface area contributed by atoms with Crippen LogP contribution >= 0.6 is 11.6 Å². The maximum atomic E-state index is 13.1. The topological polar surface area (TPSA) is 69.6 Å². The maximum Gasteiger partial charge on any atom is 0.289 e. The molecule has 1 fully saturated rings. The highest BCUT2D eigenvalue weighted by Crippen LogP contribution is 2.30. The summed E-state index contributed by atoms with van der Waals surface area (Å²) in [7, 11) is 0. The molecule has 1 saturated heterocycles. The predicted molar refractivity (Wildman–Crippen MR) is 120 cm³/mol. The van der Waals surface area contributed by atoms with Crippen LogP contribution in [0.5, 0.6) is 0 Å². The van der Waals surface area contributed by atoms with Gasteiger partial charge in [-0.15, -0.1) is 0 Å². The number of aromatic amines is 1. The van der Waals surface area contributed by atoms with Crippen molar-refractivity contribution in [3.8, 4) is 0 Å². The molecule has 2 amide bonds. The van der Waals surface area contributed by atoms with Crippen LogP contribution in [0.25, 0.3) is 21.8 Å². The number of rotatable bonds is 3. The number of halogens is 1. The zero-order valence-electron chi connectivity index (χ0n) is 17.1. The maximum absolute atomic E-state index is 13.1. The van der Waals surface area contributed by atoms with E-state index in [-0.39, 0.29) is 17.7 Å². The van der Waals surface area contributed by atoms with Crippen molar-refractivity contribution in [3.63, 3.8) is 0 Å². The lowest BCUT2D eigenvalue weighted by Gasteiger charge is -2.35. The minimum atomic E-state index is -0.272. The van der Waals surface area contributed by atoms with Crippen LogP contribution < -0.4 is 0 Å². The number of hydrogen-bond donors (Lipinski definition) is 1. The molecule has 0 bridgehead atoms. The number of carbonyl (C=O) groups excluding carboxylic acids is 2. The van der Waals surface area contributed by atoms with Crippen molar-refractivity contribution in [2.75, 3.05) is 26.2 Å². The van der Waals surface area contributed by atoms with E-state index < -0.39 is 0 Å². The second-order valence-electron chi connectivity index (χ2n) is 7.94. The summed E-state index contributed by atoms with van der Waals surface area (Å²) in [6, 6.07) is 15.2. The molecule has 158 valence electrons. The highest BCUT2D eigenvalue weighted by molar-refractivity contribution is 6.31.